The summed E-state index contributed by atoms with van der Waals surface area (Å²) in [7, 11) is 0. The highest BCUT2D eigenvalue weighted by molar-refractivity contribution is 4.91. The van der Waals surface area contributed by atoms with Crippen LogP contribution in [0, 0.1) is 16.2 Å². The molecule has 164 valence electrons. The van der Waals surface area contributed by atoms with Crippen LogP contribution in [0.4, 0.5) is 0 Å². The fourth-order valence-corrected chi connectivity index (χ4v) is 3.58. The van der Waals surface area contributed by atoms with E-state index in [0.29, 0.717) is 12.1 Å². The highest BCUT2D eigenvalue weighted by Crippen LogP contribution is 2.46. The summed E-state index contributed by atoms with van der Waals surface area (Å²) in [5.74, 6) is 0. The zero-order chi connectivity index (χ0) is 22.0. The van der Waals surface area contributed by atoms with E-state index in [1.54, 1.807) is 0 Å². The number of unbranched alkanes of at least 4 members (excludes halogenated alkanes) is 1. The normalized spacial score (nSPS) is 15.5. The molecule has 0 radical (unpaired) electrons. The molecule has 4 heteroatoms. The Morgan fingerprint density at radius 3 is 1.48 bits per heavy atom. The molecular formula is C25H46N4+2. The van der Waals surface area contributed by atoms with E-state index in [4.69, 9.17) is 0 Å². The third kappa shape index (κ3) is 5.73. The quantitative estimate of drug-likeness (QED) is 0.405. The third-order valence-electron chi connectivity index (χ3n) is 7.63. The molecule has 2 atom stereocenters. The first-order valence-electron chi connectivity index (χ1n) is 11.4. The molecule has 2 unspecified atom stereocenters. The summed E-state index contributed by atoms with van der Waals surface area (Å²) >= 11 is 0. The summed E-state index contributed by atoms with van der Waals surface area (Å²) in [6.07, 6.45) is 15.8. The summed E-state index contributed by atoms with van der Waals surface area (Å²) in [6, 6.07) is 0.960. The number of aryl methyl sites for hydroxylation is 2. The predicted molar refractivity (Wildman–Crippen MR) is 121 cm³/mol. The van der Waals surface area contributed by atoms with Crippen LogP contribution in [0.5, 0.6) is 0 Å². The largest absolute Gasteiger partial charge is 0.243 e. The van der Waals surface area contributed by atoms with Crippen LogP contribution in [0.3, 0.4) is 0 Å². The standard InChI is InChI=1S/C25H46N4/c1-21(23(3,4)5)28-17-15-26(19-28)13-11-12-14-27-16-18-29(20-27)22(2)25(9,10)24(6,7)8/h15-22H,11-14H2,1-10H3/q+2. The molecule has 29 heavy (non-hydrogen) atoms. The molecule has 4 nitrogen and oxygen atoms in total. The average Bonchev–Trinajstić information content (AvgIpc) is 3.25. The third-order valence-corrected chi connectivity index (χ3v) is 7.63. The van der Waals surface area contributed by atoms with Crippen molar-refractivity contribution in [1.82, 2.24) is 9.13 Å². The van der Waals surface area contributed by atoms with Crippen LogP contribution < -0.4 is 9.13 Å². The van der Waals surface area contributed by atoms with E-state index in [-0.39, 0.29) is 16.2 Å². The van der Waals surface area contributed by atoms with Gasteiger partial charge in [-0.05, 0) is 32.1 Å². The zero-order valence-electron chi connectivity index (χ0n) is 20.7. The fraction of sp³-hybridized carbons (Fsp3) is 0.760. The lowest BCUT2D eigenvalue weighted by atomic mass is 9.65. The maximum Gasteiger partial charge on any atom is 0.243 e. The Balaban J connectivity index is 1.85. The van der Waals surface area contributed by atoms with Crippen molar-refractivity contribution in [3.05, 3.63) is 37.4 Å². The van der Waals surface area contributed by atoms with Crippen LogP contribution in [0.25, 0.3) is 0 Å². The van der Waals surface area contributed by atoms with E-state index in [0.717, 1.165) is 13.1 Å². The summed E-state index contributed by atoms with van der Waals surface area (Å²) in [5.41, 5.74) is 0.761. The fourth-order valence-electron chi connectivity index (χ4n) is 3.58. The number of hydrogen-bond donors (Lipinski definition) is 0. The van der Waals surface area contributed by atoms with Gasteiger partial charge in [-0.2, -0.15) is 0 Å². The van der Waals surface area contributed by atoms with Crippen molar-refractivity contribution in [1.29, 1.82) is 0 Å². The topological polar surface area (TPSA) is 17.6 Å². The summed E-state index contributed by atoms with van der Waals surface area (Å²) in [4.78, 5) is 0. The molecular weight excluding hydrogens is 356 g/mol. The first-order chi connectivity index (χ1) is 13.2. The van der Waals surface area contributed by atoms with Gasteiger partial charge in [0.1, 0.15) is 36.9 Å². The van der Waals surface area contributed by atoms with Gasteiger partial charge < -0.3 is 0 Å². The van der Waals surface area contributed by atoms with E-state index >= 15 is 0 Å². The Kier molecular flexibility index (Phi) is 7.07. The van der Waals surface area contributed by atoms with Gasteiger partial charge in [0.15, 0.2) is 0 Å². The van der Waals surface area contributed by atoms with Gasteiger partial charge in [0.25, 0.3) is 0 Å². The van der Waals surface area contributed by atoms with Gasteiger partial charge in [-0.3, -0.25) is 0 Å². The predicted octanol–water partition coefficient (Wildman–Crippen LogP) is 5.59. The van der Waals surface area contributed by atoms with Gasteiger partial charge in [-0.25, -0.2) is 18.3 Å². The van der Waals surface area contributed by atoms with E-state index in [2.05, 4.69) is 125 Å². The molecule has 0 spiro atoms. The number of rotatable bonds is 8. The maximum atomic E-state index is 2.38. The monoisotopic (exact) mass is 402 g/mol. The molecule has 2 aromatic heterocycles. The number of aromatic nitrogens is 4. The first kappa shape index (κ1) is 23.7. The Hall–Kier alpha value is -1.58. The van der Waals surface area contributed by atoms with Gasteiger partial charge in [0.05, 0.1) is 13.1 Å². The molecule has 0 aliphatic heterocycles. The number of imidazole rings is 2. The molecule has 2 heterocycles. The Bertz CT molecular complexity index is 767. The van der Waals surface area contributed by atoms with Crippen LogP contribution in [-0.4, -0.2) is 9.13 Å². The van der Waals surface area contributed by atoms with Gasteiger partial charge in [-0.1, -0.05) is 55.4 Å². The minimum absolute atomic E-state index is 0.220. The van der Waals surface area contributed by atoms with Crippen molar-refractivity contribution >= 4 is 0 Å². The van der Waals surface area contributed by atoms with E-state index in [9.17, 15) is 0 Å². The Morgan fingerprint density at radius 2 is 1.10 bits per heavy atom. The zero-order valence-corrected chi connectivity index (χ0v) is 20.7. The Labute approximate surface area is 179 Å². The lowest BCUT2D eigenvalue weighted by Crippen LogP contribution is -2.38. The second-order valence-corrected chi connectivity index (χ2v) is 11.6. The Morgan fingerprint density at radius 1 is 0.690 bits per heavy atom. The van der Waals surface area contributed by atoms with E-state index in [1.807, 2.05) is 0 Å². The molecule has 0 aliphatic carbocycles. The number of hydrogen-bond acceptors (Lipinski definition) is 0. The minimum Gasteiger partial charge on any atom is -0.237 e. The lowest BCUT2D eigenvalue weighted by Gasteiger charge is -2.41. The van der Waals surface area contributed by atoms with Crippen LogP contribution in [-0.2, 0) is 13.1 Å². The molecule has 0 saturated heterocycles. The average molecular weight is 403 g/mol. The molecule has 0 amide bonds. The van der Waals surface area contributed by atoms with E-state index in [1.165, 1.54) is 12.8 Å². The maximum absolute atomic E-state index is 2.38. The van der Waals surface area contributed by atoms with Crippen molar-refractivity contribution in [2.75, 3.05) is 0 Å². The molecule has 0 aromatic carbocycles. The van der Waals surface area contributed by atoms with Crippen molar-refractivity contribution in [2.24, 2.45) is 16.2 Å². The first-order valence-corrected chi connectivity index (χ1v) is 11.4. The lowest BCUT2D eigenvalue weighted by molar-refractivity contribution is -0.707. The van der Waals surface area contributed by atoms with Crippen molar-refractivity contribution < 1.29 is 9.13 Å². The van der Waals surface area contributed by atoms with Gasteiger partial charge in [0, 0.05) is 10.8 Å². The molecule has 0 N–H and O–H groups in total. The highest BCUT2D eigenvalue weighted by atomic mass is 15.1. The molecule has 0 aliphatic rings. The van der Waals surface area contributed by atoms with Crippen LogP contribution >= 0.6 is 0 Å². The van der Waals surface area contributed by atoms with Crippen molar-refractivity contribution in [2.45, 2.75) is 107 Å². The van der Waals surface area contributed by atoms with Gasteiger partial charge >= 0.3 is 0 Å². The second-order valence-electron chi connectivity index (χ2n) is 11.6. The van der Waals surface area contributed by atoms with Crippen molar-refractivity contribution in [3.63, 3.8) is 0 Å². The summed E-state index contributed by atoms with van der Waals surface area (Å²) in [6.45, 7) is 25.5. The SMILES string of the molecule is CC(n1cc[n+](CCCC[n+]2ccn(C(C)C(C)(C)C(C)(C)C)c2)c1)C(C)(C)C. The minimum atomic E-state index is 0.220. The molecule has 0 saturated carbocycles. The molecule has 2 aromatic rings. The van der Waals surface area contributed by atoms with Gasteiger partial charge in [0.2, 0.25) is 12.7 Å². The van der Waals surface area contributed by atoms with Crippen molar-refractivity contribution in [3.8, 4) is 0 Å². The van der Waals surface area contributed by atoms with Crippen LogP contribution in [0.1, 0.15) is 94.2 Å². The number of nitrogens with zero attached hydrogens (tertiary/aromatic N) is 4. The van der Waals surface area contributed by atoms with Crippen LogP contribution in [0.2, 0.25) is 0 Å². The van der Waals surface area contributed by atoms with E-state index < -0.39 is 0 Å². The summed E-state index contributed by atoms with van der Waals surface area (Å²) in [5, 5.41) is 0. The second kappa shape index (κ2) is 8.65. The summed E-state index contributed by atoms with van der Waals surface area (Å²) < 4.78 is 9.39. The van der Waals surface area contributed by atoms with Gasteiger partial charge in [-0.15, -0.1) is 0 Å². The molecule has 2 rings (SSSR count). The smallest absolute Gasteiger partial charge is 0.237 e. The highest BCUT2D eigenvalue weighted by Gasteiger charge is 2.41. The molecule has 0 fully saturated rings. The van der Waals surface area contributed by atoms with Crippen LogP contribution in [0.15, 0.2) is 37.4 Å². The molecule has 0 bridgehead atoms.